The molecule has 1 aliphatic rings. The normalized spacial score (nSPS) is 19.7. The van der Waals surface area contributed by atoms with Gasteiger partial charge < -0.3 is 10.0 Å². The summed E-state index contributed by atoms with van der Waals surface area (Å²) in [4.78, 5) is 13.4. The van der Waals surface area contributed by atoms with Crippen molar-refractivity contribution in [2.24, 2.45) is 5.92 Å². The van der Waals surface area contributed by atoms with Gasteiger partial charge in [-0.05, 0) is 49.9 Å². The number of benzene rings is 1. The summed E-state index contributed by atoms with van der Waals surface area (Å²) >= 11 is 0. The average Bonchev–Trinajstić information content (AvgIpc) is 2.47. The van der Waals surface area contributed by atoms with E-state index in [0.717, 1.165) is 19.5 Å². The van der Waals surface area contributed by atoms with Crippen LogP contribution >= 0.6 is 0 Å². The summed E-state index contributed by atoms with van der Waals surface area (Å²) in [5, 5.41) is 9.10. The monoisotopic (exact) mass is 340 g/mol. The molecule has 2 N–H and O–H groups in total. The maximum atomic E-state index is 12.3. The van der Waals surface area contributed by atoms with E-state index in [1.54, 1.807) is 6.92 Å². The molecule has 1 heterocycles. The van der Waals surface area contributed by atoms with E-state index in [4.69, 9.17) is 5.11 Å². The fraction of sp³-hybridized carbons (Fsp3) is 0.562. The molecule has 1 aromatic rings. The Labute approximate surface area is 137 Å². The maximum absolute atomic E-state index is 12.3. The van der Waals surface area contributed by atoms with Gasteiger partial charge in [-0.15, -0.1) is 0 Å². The molecule has 0 aliphatic carbocycles. The van der Waals surface area contributed by atoms with Crippen LogP contribution in [0.4, 0.5) is 0 Å². The van der Waals surface area contributed by atoms with Crippen molar-refractivity contribution >= 4 is 16.0 Å². The molecule has 1 fully saturated rings. The molecule has 1 saturated heterocycles. The topological polar surface area (TPSA) is 86.7 Å². The highest BCUT2D eigenvalue weighted by molar-refractivity contribution is 7.89. The van der Waals surface area contributed by atoms with E-state index in [1.165, 1.54) is 24.6 Å². The quantitative estimate of drug-likeness (QED) is 0.823. The minimum atomic E-state index is -3.69. The number of hydrogen-bond acceptors (Lipinski definition) is 4. The van der Waals surface area contributed by atoms with Gasteiger partial charge in [0, 0.05) is 19.6 Å². The zero-order valence-electron chi connectivity index (χ0n) is 13.6. The highest BCUT2D eigenvalue weighted by atomic mass is 32.2. The van der Waals surface area contributed by atoms with Crippen LogP contribution in [0.15, 0.2) is 23.1 Å². The van der Waals surface area contributed by atoms with Gasteiger partial charge in [0.25, 0.3) is 0 Å². The molecular formula is C16H24N2O4S. The van der Waals surface area contributed by atoms with Crippen LogP contribution in [0, 0.1) is 12.8 Å². The van der Waals surface area contributed by atoms with Gasteiger partial charge in [0.05, 0.1) is 10.5 Å². The van der Waals surface area contributed by atoms with Crippen molar-refractivity contribution < 1.29 is 18.3 Å². The molecule has 0 bridgehead atoms. The molecule has 1 aromatic carbocycles. The van der Waals surface area contributed by atoms with E-state index < -0.39 is 16.0 Å². The minimum Gasteiger partial charge on any atom is -0.478 e. The Balaban J connectivity index is 1.99. The number of carbonyl (C=O) groups is 1. The number of rotatable bonds is 6. The van der Waals surface area contributed by atoms with Crippen LogP contribution in [0.25, 0.3) is 0 Å². The molecule has 0 unspecified atom stereocenters. The molecule has 2 rings (SSSR count). The zero-order valence-corrected chi connectivity index (χ0v) is 14.4. The van der Waals surface area contributed by atoms with Crippen molar-refractivity contribution in [3.8, 4) is 0 Å². The van der Waals surface area contributed by atoms with Crippen molar-refractivity contribution in [2.45, 2.75) is 31.6 Å². The molecular weight excluding hydrogens is 316 g/mol. The number of piperidine rings is 1. The lowest BCUT2D eigenvalue weighted by Crippen LogP contribution is -2.40. The van der Waals surface area contributed by atoms with Crippen LogP contribution in [-0.4, -0.2) is 50.6 Å². The summed E-state index contributed by atoms with van der Waals surface area (Å²) in [5.74, 6) is -0.475. The average molecular weight is 340 g/mol. The molecule has 23 heavy (non-hydrogen) atoms. The van der Waals surface area contributed by atoms with Gasteiger partial charge >= 0.3 is 5.97 Å². The number of nitrogens with zero attached hydrogens (tertiary/aromatic N) is 1. The predicted molar refractivity (Wildman–Crippen MR) is 88.2 cm³/mol. The molecule has 7 heteroatoms. The van der Waals surface area contributed by atoms with Crippen molar-refractivity contribution in [3.63, 3.8) is 0 Å². The Morgan fingerprint density at radius 1 is 1.43 bits per heavy atom. The van der Waals surface area contributed by atoms with Crippen LogP contribution in [0.2, 0.25) is 0 Å². The van der Waals surface area contributed by atoms with Crippen molar-refractivity contribution in [1.82, 2.24) is 9.62 Å². The SMILES string of the molecule is Cc1ccc(S(=O)(=O)NCCN2CCC[C@H](C)C2)cc1C(=O)O. The van der Waals surface area contributed by atoms with Crippen LogP contribution in [0.1, 0.15) is 35.7 Å². The van der Waals surface area contributed by atoms with Gasteiger partial charge in [0.15, 0.2) is 0 Å². The summed E-state index contributed by atoms with van der Waals surface area (Å²) in [7, 11) is -3.69. The number of likely N-dealkylation sites (tertiary alicyclic amines) is 1. The fourth-order valence-electron chi connectivity index (χ4n) is 2.91. The first kappa shape index (κ1) is 17.9. The molecule has 1 atom stereocenters. The smallest absolute Gasteiger partial charge is 0.335 e. The number of carboxylic acids is 1. The van der Waals surface area contributed by atoms with Crippen LogP contribution < -0.4 is 4.72 Å². The van der Waals surface area contributed by atoms with E-state index in [-0.39, 0.29) is 10.5 Å². The van der Waals surface area contributed by atoms with Gasteiger partial charge in [0.2, 0.25) is 10.0 Å². The minimum absolute atomic E-state index is 0.00693. The largest absolute Gasteiger partial charge is 0.478 e. The second-order valence-corrected chi connectivity index (χ2v) is 7.99. The molecule has 6 nitrogen and oxygen atoms in total. The van der Waals surface area contributed by atoms with E-state index >= 15 is 0 Å². The molecule has 0 aromatic heterocycles. The van der Waals surface area contributed by atoms with Gasteiger partial charge in [-0.3, -0.25) is 0 Å². The number of hydrogen-bond donors (Lipinski definition) is 2. The van der Waals surface area contributed by atoms with Gasteiger partial charge in [-0.2, -0.15) is 0 Å². The number of sulfonamides is 1. The molecule has 128 valence electrons. The third kappa shape index (κ3) is 4.76. The second kappa shape index (κ2) is 7.42. The standard InChI is InChI=1S/C16H24N2O4S/c1-12-4-3-8-18(11-12)9-7-17-23(21,22)14-6-5-13(2)15(10-14)16(19)20/h5-6,10,12,17H,3-4,7-9,11H2,1-2H3,(H,19,20)/t12-/m0/s1. The summed E-state index contributed by atoms with van der Waals surface area (Å²) in [6, 6.07) is 4.17. The molecule has 0 saturated carbocycles. The Bertz CT molecular complexity index is 673. The highest BCUT2D eigenvalue weighted by Gasteiger charge is 2.19. The second-order valence-electron chi connectivity index (χ2n) is 6.23. The van der Waals surface area contributed by atoms with Crippen molar-refractivity contribution in [3.05, 3.63) is 29.3 Å². The summed E-state index contributed by atoms with van der Waals surface area (Å²) in [6.45, 7) is 6.84. The molecule has 0 amide bonds. The van der Waals surface area contributed by atoms with Gasteiger partial charge in [-0.1, -0.05) is 13.0 Å². The van der Waals surface area contributed by atoms with Crippen molar-refractivity contribution in [1.29, 1.82) is 0 Å². The van der Waals surface area contributed by atoms with E-state index in [2.05, 4.69) is 16.5 Å². The van der Waals surface area contributed by atoms with Crippen LogP contribution in [0.5, 0.6) is 0 Å². The molecule has 1 aliphatic heterocycles. The Morgan fingerprint density at radius 3 is 2.83 bits per heavy atom. The maximum Gasteiger partial charge on any atom is 0.335 e. The predicted octanol–water partition coefficient (Wildman–Crippen LogP) is 1.70. The van der Waals surface area contributed by atoms with Gasteiger partial charge in [0.1, 0.15) is 0 Å². The first-order valence-electron chi connectivity index (χ1n) is 7.85. The van der Waals surface area contributed by atoms with Gasteiger partial charge in [-0.25, -0.2) is 17.9 Å². The van der Waals surface area contributed by atoms with E-state index in [1.807, 2.05) is 0 Å². The van der Waals surface area contributed by atoms with Crippen LogP contribution in [-0.2, 0) is 10.0 Å². The lowest BCUT2D eigenvalue weighted by molar-refractivity contribution is 0.0696. The number of aromatic carboxylic acids is 1. The highest BCUT2D eigenvalue weighted by Crippen LogP contribution is 2.16. The zero-order chi connectivity index (χ0) is 17.0. The van der Waals surface area contributed by atoms with E-state index in [9.17, 15) is 13.2 Å². The molecule has 0 radical (unpaired) electrons. The first-order chi connectivity index (χ1) is 10.8. The lowest BCUT2D eigenvalue weighted by Gasteiger charge is -2.30. The first-order valence-corrected chi connectivity index (χ1v) is 9.34. The lowest BCUT2D eigenvalue weighted by atomic mass is 10.0. The molecule has 0 spiro atoms. The fourth-order valence-corrected chi connectivity index (χ4v) is 3.96. The Morgan fingerprint density at radius 2 is 2.17 bits per heavy atom. The summed E-state index contributed by atoms with van der Waals surface area (Å²) in [6.07, 6.45) is 2.37. The van der Waals surface area contributed by atoms with E-state index in [0.29, 0.717) is 24.6 Å². The summed E-state index contributed by atoms with van der Waals surface area (Å²) in [5.41, 5.74) is 0.552. The Kier molecular flexibility index (Phi) is 5.78. The summed E-state index contributed by atoms with van der Waals surface area (Å²) < 4.78 is 27.2. The number of aryl methyl sites for hydroxylation is 1. The third-order valence-corrected chi connectivity index (χ3v) is 5.67. The number of carboxylic acid groups (broad SMARTS) is 1. The number of nitrogens with one attached hydrogen (secondary N) is 1. The van der Waals surface area contributed by atoms with Crippen molar-refractivity contribution in [2.75, 3.05) is 26.2 Å². The van der Waals surface area contributed by atoms with Crippen LogP contribution in [0.3, 0.4) is 0 Å². The third-order valence-electron chi connectivity index (χ3n) is 4.21. The Hall–Kier alpha value is -1.44.